The monoisotopic (exact) mass is 237 g/mol. The Balaban J connectivity index is 2.17. The summed E-state index contributed by atoms with van der Waals surface area (Å²) in [6.45, 7) is 0. The normalized spacial score (nSPS) is 36.7. The van der Waals surface area contributed by atoms with Gasteiger partial charge in [0, 0.05) is 0 Å². The highest BCUT2D eigenvalue weighted by molar-refractivity contribution is 5.90. The fraction of sp³-hybridized carbons (Fsp3) is 0.778. The number of carbonyl (C=O) groups excluding carboxylic acids is 1. The standard InChI is InChI=1S/C9H10F3NO3/c10-9(11,12)6(14)13-8(7(15)16)3-4-1-5(8)2-4/h4-5H,1-3H2,(H,13,14)(H,15,16). The molecule has 3 saturated carbocycles. The van der Waals surface area contributed by atoms with E-state index in [1.54, 1.807) is 5.32 Å². The Morgan fingerprint density at radius 1 is 1.31 bits per heavy atom. The van der Waals surface area contributed by atoms with Crippen LogP contribution in [0.15, 0.2) is 0 Å². The molecule has 0 aromatic carbocycles. The first kappa shape index (κ1) is 11.2. The van der Waals surface area contributed by atoms with Crippen LogP contribution in [-0.4, -0.2) is 28.7 Å². The van der Waals surface area contributed by atoms with Crippen LogP contribution >= 0.6 is 0 Å². The average molecular weight is 237 g/mol. The summed E-state index contributed by atoms with van der Waals surface area (Å²) in [5.41, 5.74) is -1.70. The van der Waals surface area contributed by atoms with Crippen molar-refractivity contribution in [3.05, 3.63) is 0 Å². The summed E-state index contributed by atoms with van der Waals surface area (Å²) in [6.07, 6.45) is -3.75. The summed E-state index contributed by atoms with van der Waals surface area (Å²) < 4.78 is 36.2. The number of amides is 1. The van der Waals surface area contributed by atoms with Crippen molar-refractivity contribution in [1.29, 1.82) is 0 Å². The van der Waals surface area contributed by atoms with Crippen molar-refractivity contribution < 1.29 is 27.9 Å². The van der Waals surface area contributed by atoms with Gasteiger partial charge >= 0.3 is 18.1 Å². The lowest BCUT2D eigenvalue weighted by Crippen LogP contribution is -2.58. The van der Waals surface area contributed by atoms with Crippen molar-refractivity contribution in [2.24, 2.45) is 11.8 Å². The number of fused-ring (bicyclic) bond motifs is 1. The Kier molecular flexibility index (Phi) is 2.18. The molecule has 2 N–H and O–H groups in total. The maximum atomic E-state index is 12.1. The molecule has 2 bridgehead atoms. The molecule has 7 heteroatoms. The number of nitrogens with one attached hydrogen (secondary N) is 1. The molecular formula is C9H10F3NO3. The second-order valence-corrected chi connectivity index (χ2v) is 4.47. The second kappa shape index (κ2) is 3.11. The van der Waals surface area contributed by atoms with Gasteiger partial charge < -0.3 is 10.4 Å². The van der Waals surface area contributed by atoms with Crippen molar-refractivity contribution in [3.8, 4) is 0 Å². The van der Waals surface area contributed by atoms with Crippen LogP contribution in [0.25, 0.3) is 0 Å². The van der Waals surface area contributed by atoms with Crippen LogP contribution in [0.2, 0.25) is 0 Å². The van der Waals surface area contributed by atoms with Gasteiger partial charge in [0.05, 0.1) is 0 Å². The number of carboxylic acid groups (broad SMARTS) is 1. The number of alkyl halides is 3. The van der Waals surface area contributed by atoms with E-state index in [2.05, 4.69) is 0 Å². The van der Waals surface area contributed by atoms with Crippen LogP contribution < -0.4 is 5.32 Å². The van der Waals surface area contributed by atoms with Crippen LogP contribution in [0.1, 0.15) is 19.3 Å². The lowest BCUT2D eigenvalue weighted by molar-refractivity contribution is -0.178. The summed E-state index contributed by atoms with van der Waals surface area (Å²) in [5.74, 6) is -3.76. The number of hydrogen-bond donors (Lipinski definition) is 2. The molecular weight excluding hydrogens is 227 g/mol. The van der Waals surface area contributed by atoms with Gasteiger partial charge in [-0.3, -0.25) is 4.79 Å². The van der Waals surface area contributed by atoms with Gasteiger partial charge in [-0.25, -0.2) is 4.79 Å². The lowest BCUT2D eigenvalue weighted by atomic mass is 9.79. The zero-order valence-electron chi connectivity index (χ0n) is 8.17. The first-order valence-electron chi connectivity index (χ1n) is 4.88. The molecule has 0 radical (unpaired) electrons. The number of rotatable bonds is 2. The Bertz CT molecular complexity index is 348. The van der Waals surface area contributed by atoms with E-state index in [0.717, 1.165) is 0 Å². The third-order valence-corrected chi connectivity index (χ3v) is 3.52. The van der Waals surface area contributed by atoms with E-state index >= 15 is 0 Å². The second-order valence-electron chi connectivity index (χ2n) is 4.47. The van der Waals surface area contributed by atoms with Gasteiger partial charge in [0.25, 0.3) is 0 Å². The smallest absolute Gasteiger partial charge is 0.471 e. The summed E-state index contributed by atoms with van der Waals surface area (Å²) in [6, 6.07) is 0. The summed E-state index contributed by atoms with van der Waals surface area (Å²) in [4.78, 5) is 21.8. The van der Waals surface area contributed by atoms with Crippen molar-refractivity contribution in [1.82, 2.24) is 5.32 Å². The fourth-order valence-electron chi connectivity index (χ4n) is 2.67. The van der Waals surface area contributed by atoms with E-state index in [0.29, 0.717) is 12.8 Å². The molecule has 0 aromatic rings. The van der Waals surface area contributed by atoms with Crippen LogP contribution in [-0.2, 0) is 9.59 Å². The SMILES string of the molecule is O=C(NC1(C(=O)O)CC2CC1C2)C(F)(F)F. The van der Waals surface area contributed by atoms with Crippen molar-refractivity contribution in [2.45, 2.75) is 31.0 Å². The van der Waals surface area contributed by atoms with E-state index < -0.39 is 23.6 Å². The average Bonchev–Trinajstić information content (AvgIpc) is 2.56. The quantitative estimate of drug-likeness (QED) is 0.750. The zero-order valence-corrected chi connectivity index (χ0v) is 8.17. The molecule has 4 nitrogen and oxygen atoms in total. The Hall–Kier alpha value is -1.27. The number of hydrogen-bond acceptors (Lipinski definition) is 2. The van der Waals surface area contributed by atoms with Crippen LogP contribution in [0, 0.1) is 11.8 Å². The molecule has 0 spiro atoms. The van der Waals surface area contributed by atoms with Gasteiger partial charge in [-0.05, 0) is 31.1 Å². The third kappa shape index (κ3) is 1.45. The maximum Gasteiger partial charge on any atom is 0.471 e. The molecule has 0 saturated heterocycles. The summed E-state index contributed by atoms with van der Waals surface area (Å²) >= 11 is 0. The molecule has 1 amide bonds. The van der Waals surface area contributed by atoms with Gasteiger partial charge in [-0.15, -0.1) is 0 Å². The molecule has 3 fully saturated rings. The molecule has 90 valence electrons. The largest absolute Gasteiger partial charge is 0.479 e. The minimum absolute atomic E-state index is 0.106. The maximum absolute atomic E-state index is 12.1. The molecule has 0 aliphatic heterocycles. The first-order chi connectivity index (χ1) is 7.25. The minimum Gasteiger partial charge on any atom is -0.479 e. The number of carboxylic acids is 1. The lowest BCUT2D eigenvalue weighted by Gasteiger charge is -2.32. The van der Waals surface area contributed by atoms with Crippen molar-refractivity contribution >= 4 is 11.9 Å². The van der Waals surface area contributed by atoms with Crippen molar-refractivity contribution in [3.63, 3.8) is 0 Å². The van der Waals surface area contributed by atoms with Gasteiger partial charge in [-0.1, -0.05) is 0 Å². The number of carbonyl (C=O) groups is 2. The topological polar surface area (TPSA) is 66.4 Å². The fourth-order valence-corrected chi connectivity index (χ4v) is 2.67. The molecule has 3 rings (SSSR count). The molecule has 1 atom stereocenters. The van der Waals surface area contributed by atoms with Gasteiger partial charge in [0.1, 0.15) is 5.54 Å². The Morgan fingerprint density at radius 3 is 2.19 bits per heavy atom. The van der Waals surface area contributed by atoms with E-state index in [9.17, 15) is 22.8 Å². The van der Waals surface area contributed by atoms with Crippen LogP contribution in [0.4, 0.5) is 13.2 Å². The van der Waals surface area contributed by atoms with Crippen LogP contribution in [0.5, 0.6) is 0 Å². The van der Waals surface area contributed by atoms with E-state index in [-0.39, 0.29) is 18.3 Å². The highest BCUT2D eigenvalue weighted by Gasteiger charge is 2.62. The van der Waals surface area contributed by atoms with Gasteiger partial charge in [0.2, 0.25) is 0 Å². The highest BCUT2D eigenvalue weighted by Crippen LogP contribution is 2.55. The first-order valence-corrected chi connectivity index (χ1v) is 4.88. The molecule has 16 heavy (non-hydrogen) atoms. The highest BCUT2D eigenvalue weighted by atomic mass is 19.4. The van der Waals surface area contributed by atoms with E-state index in [1.165, 1.54) is 0 Å². The Morgan fingerprint density at radius 2 is 1.88 bits per heavy atom. The Labute approximate surface area is 88.8 Å². The predicted octanol–water partition coefficient (Wildman–Crippen LogP) is 0.918. The van der Waals surface area contributed by atoms with E-state index in [1.807, 2.05) is 0 Å². The number of halogens is 3. The van der Waals surface area contributed by atoms with Crippen molar-refractivity contribution in [2.75, 3.05) is 0 Å². The van der Waals surface area contributed by atoms with Gasteiger partial charge in [0.15, 0.2) is 0 Å². The predicted molar refractivity (Wildman–Crippen MR) is 45.4 cm³/mol. The third-order valence-electron chi connectivity index (χ3n) is 3.52. The summed E-state index contributed by atoms with van der Waals surface area (Å²) in [5, 5.41) is 10.7. The molecule has 0 heterocycles. The van der Waals surface area contributed by atoms with Crippen LogP contribution in [0.3, 0.4) is 0 Å². The molecule has 3 aliphatic carbocycles. The molecule has 1 unspecified atom stereocenters. The molecule has 0 aromatic heterocycles. The minimum atomic E-state index is -5.03. The molecule has 3 aliphatic rings. The van der Waals surface area contributed by atoms with E-state index in [4.69, 9.17) is 5.11 Å². The van der Waals surface area contributed by atoms with Gasteiger partial charge in [-0.2, -0.15) is 13.2 Å². The summed E-state index contributed by atoms with van der Waals surface area (Å²) in [7, 11) is 0. The number of aliphatic carboxylic acids is 1. The zero-order chi connectivity index (χ0) is 12.1.